The first-order chi connectivity index (χ1) is 9.56. The second-order valence-electron chi connectivity index (χ2n) is 4.99. The van der Waals surface area contributed by atoms with Crippen molar-refractivity contribution in [2.45, 2.75) is 26.3 Å². The second-order valence-corrected chi connectivity index (χ2v) is 4.99. The van der Waals surface area contributed by atoms with Crippen molar-refractivity contribution in [2.24, 2.45) is 0 Å². The van der Waals surface area contributed by atoms with E-state index in [-0.39, 0.29) is 16.7 Å². The summed E-state index contributed by atoms with van der Waals surface area (Å²) in [6.45, 7) is 3.98. The Kier molecular flexibility index (Phi) is 4.35. The van der Waals surface area contributed by atoms with Crippen LogP contribution in [0, 0.1) is 17.0 Å². The molecular formula is C16H18N2O2. The molecule has 1 atom stereocenters. The lowest BCUT2D eigenvalue weighted by Crippen LogP contribution is -2.18. The minimum absolute atomic E-state index is 0.128. The summed E-state index contributed by atoms with van der Waals surface area (Å²) in [5.74, 6) is 0. The van der Waals surface area contributed by atoms with Crippen LogP contribution in [0.25, 0.3) is 0 Å². The van der Waals surface area contributed by atoms with Crippen molar-refractivity contribution < 1.29 is 4.92 Å². The third-order valence-electron chi connectivity index (χ3n) is 3.21. The maximum Gasteiger partial charge on any atom is 0.269 e. The molecule has 1 unspecified atom stereocenters. The first-order valence-corrected chi connectivity index (χ1v) is 6.62. The summed E-state index contributed by atoms with van der Waals surface area (Å²) in [7, 11) is 0. The Balaban J connectivity index is 2.04. The smallest absolute Gasteiger partial charge is 0.269 e. The molecule has 0 aliphatic heterocycles. The van der Waals surface area contributed by atoms with Gasteiger partial charge in [0.2, 0.25) is 0 Å². The average Bonchev–Trinajstić information content (AvgIpc) is 2.42. The van der Waals surface area contributed by atoms with Gasteiger partial charge in [0.25, 0.3) is 5.69 Å². The number of benzene rings is 2. The van der Waals surface area contributed by atoms with Gasteiger partial charge in [-0.3, -0.25) is 10.1 Å². The molecule has 4 nitrogen and oxygen atoms in total. The molecule has 0 radical (unpaired) electrons. The van der Waals surface area contributed by atoms with E-state index < -0.39 is 0 Å². The van der Waals surface area contributed by atoms with Crippen molar-refractivity contribution in [3.05, 3.63) is 69.8 Å². The molecule has 0 aromatic heterocycles. The molecule has 0 saturated carbocycles. The van der Waals surface area contributed by atoms with E-state index in [0.29, 0.717) is 0 Å². The van der Waals surface area contributed by atoms with Gasteiger partial charge in [-0.1, -0.05) is 30.3 Å². The molecule has 2 rings (SSSR count). The Morgan fingerprint density at radius 1 is 1.20 bits per heavy atom. The van der Waals surface area contributed by atoms with E-state index in [0.717, 1.165) is 17.7 Å². The molecule has 2 aromatic rings. The fourth-order valence-electron chi connectivity index (χ4n) is 2.21. The van der Waals surface area contributed by atoms with E-state index in [1.54, 1.807) is 12.1 Å². The molecule has 0 saturated heterocycles. The van der Waals surface area contributed by atoms with Crippen LogP contribution in [0.1, 0.15) is 18.1 Å². The summed E-state index contributed by atoms with van der Waals surface area (Å²) in [5.41, 5.74) is 3.23. The number of hydrogen-bond acceptors (Lipinski definition) is 3. The van der Waals surface area contributed by atoms with Crippen molar-refractivity contribution in [3.63, 3.8) is 0 Å². The first kappa shape index (κ1) is 14.1. The fraction of sp³-hybridized carbons (Fsp3) is 0.250. The zero-order valence-electron chi connectivity index (χ0n) is 11.7. The van der Waals surface area contributed by atoms with E-state index in [1.165, 1.54) is 11.6 Å². The first-order valence-electron chi connectivity index (χ1n) is 6.62. The third kappa shape index (κ3) is 3.57. The highest BCUT2D eigenvalue weighted by Gasteiger charge is 2.10. The molecule has 104 valence electrons. The summed E-state index contributed by atoms with van der Waals surface area (Å²) in [4.78, 5) is 10.3. The van der Waals surface area contributed by atoms with Crippen LogP contribution in [0.2, 0.25) is 0 Å². The Labute approximate surface area is 118 Å². The van der Waals surface area contributed by atoms with Crippen molar-refractivity contribution in [3.8, 4) is 0 Å². The van der Waals surface area contributed by atoms with Crippen molar-refractivity contribution in [1.29, 1.82) is 0 Å². The molecule has 1 N–H and O–H groups in total. The van der Waals surface area contributed by atoms with Crippen molar-refractivity contribution in [2.75, 3.05) is 5.32 Å². The highest BCUT2D eigenvalue weighted by molar-refractivity contribution is 5.55. The molecule has 0 bridgehead atoms. The minimum atomic E-state index is -0.371. The van der Waals surface area contributed by atoms with Gasteiger partial charge in [-0.25, -0.2) is 0 Å². The van der Waals surface area contributed by atoms with E-state index in [9.17, 15) is 10.1 Å². The van der Waals surface area contributed by atoms with Crippen LogP contribution in [0.5, 0.6) is 0 Å². The number of rotatable bonds is 5. The molecule has 20 heavy (non-hydrogen) atoms. The molecule has 0 amide bonds. The Bertz CT molecular complexity index is 597. The SMILES string of the molecule is Cc1cc([N+](=O)[O-])ccc1NC(C)Cc1ccccc1. The maximum atomic E-state index is 10.7. The number of aryl methyl sites for hydroxylation is 1. The summed E-state index contributed by atoms with van der Waals surface area (Å²) >= 11 is 0. The summed E-state index contributed by atoms with van der Waals surface area (Å²) in [5, 5.41) is 14.1. The molecule has 2 aromatic carbocycles. The van der Waals surface area contributed by atoms with Gasteiger partial charge in [-0.05, 0) is 37.5 Å². The van der Waals surface area contributed by atoms with Gasteiger partial charge < -0.3 is 5.32 Å². The lowest BCUT2D eigenvalue weighted by molar-refractivity contribution is -0.384. The second kappa shape index (κ2) is 6.19. The van der Waals surface area contributed by atoms with Crippen LogP contribution in [0.3, 0.4) is 0 Å². The predicted molar refractivity (Wildman–Crippen MR) is 81.1 cm³/mol. The molecule has 4 heteroatoms. The Hall–Kier alpha value is -2.36. The van der Waals surface area contributed by atoms with Gasteiger partial charge in [-0.2, -0.15) is 0 Å². The van der Waals surface area contributed by atoms with E-state index in [4.69, 9.17) is 0 Å². The lowest BCUT2D eigenvalue weighted by atomic mass is 10.1. The van der Waals surface area contributed by atoms with Crippen LogP contribution >= 0.6 is 0 Å². The van der Waals surface area contributed by atoms with Crippen LogP contribution in [0.4, 0.5) is 11.4 Å². The van der Waals surface area contributed by atoms with Crippen LogP contribution in [0.15, 0.2) is 48.5 Å². The Morgan fingerprint density at radius 3 is 2.50 bits per heavy atom. The van der Waals surface area contributed by atoms with Crippen LogP contribution < -0.4 is 5.32 Å². The quantitative estimate of drug-likeness (QED) is 0.661. The summed E-state index contributed by atoms with van der Waals surface area (Å²) in [6.07, 6.45) is 0.914. The fourth-order valence-corrected chi connectivity index (χ4v) is 2.21. The number of nitro groups is 1. The van der Waals surface area contributed by atoms with Crippen molar-refractivity contribution >= 4 is 11.4 Å². The van der Waals surface area contributed by atoms with Crippen LogP contribution in [-0.2, 0) is 6.42 Å². The normalized spacial score (nSPS) is 11.9. The standard InChI is InChI=1S/C16H18N2O2/c1-12-10-15(18(19)20)8-9-16(12)17-13(2)11-14-6-4-3-5-7-14/h3-10,13,17H,11H2,1-2H3. The van der Waals surface area contributed by atoms with Gasteiger partial charge in [0.05, 0.1) is 4.92 Å². The third-order valence-corrected chi connectivity index (χ3v) is 3.21. The van der Waals surface area contributed by atoms with Gasteiger partial charge in [0.15, 0.2) is 0 Å². The molecule has 0 fully saturated rings. The highest BCUT2D eigenvalue weighted by atomic mass is 16.6. The zero-order chi connectivity index (χ0) is 14.5. The number of nitrogens with zero attached hydrogens (tertiary/aromatic N) is 1. The molecule has 0 heterocycles. The van der Waals surface area contributed by atoms with E-state index >= 15 is 0 Å². The maximum absolute atomic E-state index is 10.7. The van der Waals surface area contributed by atoms with Gasteiger partial charge >= 0.3 is 0 Å². The topological polar surface area (TPSA) is 55.2 Å². The average molecular weight is 270 g/mol. The molecule has 0 aliphatic carbocycles. The monoisotopic (exact) mass is 270 g/mol. The summed E-state index contributed by atoms with van der Waals surface area (Å²) < 4.78 is 0. The minimum Gasteiger partial charge on any atom is -0.382 e. The Morgan fingerprint density at radius 2 is 1.90 bits per heavy atom. The van der Waals surface area contributed by atoms with Crippen molar-refractivity contribution in [1.82, 2.24) is 0 Å². The largest absolute Gasteiger partial charge is 0.382 e. The predicted octanol–water partition coefficient (Wildman–Crippen LogP) is 3.95. The molecular weight excluding hydrogens is 252 g/mol. The van der Waals surface area contributed by atoms with Crippen LogP contribution in [-0.4, -0.2) is 11.0 Å². The molecule has 0 aliphatic rings. The van der Waals surface area contributed by atoms with Gasteiger partial charge in [0.1, 0.15) is 0 Å². The number of anilines is 1. The lowest BCUT2D eigenvalue weighted by Gasteiger charge is -2.17. The van der Waals surface area contributed by atoms with Gasteiger partial charge in [-0.15, -0.1) is 0 Å². The molecule has 0 spiro atoms. The van der Waals surface area contributed by atoms with E-state index in [2.05, 4.69) is 24.4 Å². The number of hydrogen-bond donors (Lipinski definition) is 1. The number of nitrogens with one attached hydrogen (secondary N) is 1. The number of non-ortho nitro benzene ring substituents is 1. The zero-order valence-corrected chi connectivity index (χ0v) is 11.7. The summed E-state index contributed by atoms with van der Waals surface area (Å²) in [6, 6.07) is 15.4. The number of nitro benzene ring substituents is 1. The highest BCUT2D eigenvalue weighted by Crippen LogP contribution is 2.22. The van der Waals surface area contributed by atoms with Gasteiger partial charge in [0, 0.05) is 23.9 Å². The van der Waals surface area contributed by atoms with E-state index in [1.807, 2.05) is 25.1 Å².